The Balaban J connectivity index is 2.56. The molecule has 0 saturated carbocycles. The molecule has 0 fully saturated rings. The van der Waals surface area contributed by atoms with Crippen molar-refractivity contribution >= 4 is 5.97 Å². The van der Waals surface area contributed by atoms with Gasteiger partial charge in [-0.15, -0.1) is 0 Å². The second-order valence-electron chi connectivity index (χ2n) is 4.27. The lowest BCUT2D eigenvalue weighted by Crippen LogP contribution is -2.25. The highest BCUT2D eigenvalue weighted by Crippen LogP contribution is 2.13. The topological polar surface area (TPSA) is 85.5 Å². The third kappa shape index (κ3) is 3.72. The molecule has 1 aromatic rings. The fraction of sp³-hybridized carbons (Fsp3) is 0.500. The lowest BCUT2D eigenvalue weighted by atomic mass is 10.1. The van der Waals surface area contributed by atoms with Gasteiger partial charge in [0.25, 0.3) is 0 Å². The zero-order chi connectivity index (χ0) is 12.3. The second kappa shape index (κ2) is 4.34. The summed E-state index contributed by atoms with van der Waals surface area (Å²) in [6, 6.07) is -0.466. The summed E-state index contributed by atoms with van der Waals surface area (Å²) < 4.78 is 9.72. The molecule has 0 amide bonds. The van der Waals surface area contributed by atoms with Gasteiger partial charge in [-0.05, 0) is 25.9 Å². The normalized spacial score (nSPS) is 11.2. The van der Waals surface area contributed by atoms with Crippen LogP contribution in [0.4, 0.5) is 0 Å². The van der Waals surface area contributed by atoms with Crippen molar-refractivity contribution in [2.75, 3.05) is 0 Å². The van der Waals surface area contributed by atoms with Gasteiger partial charge in [0.2, 0.25) is 5.89 Å². The first kappa shape index (κ1) is 12.2. The van der Waals surface area contributed by atoms with Gasteiger partial charge in [-0.1, -0.05) is 6.58 Å². The van der Waals surface area contributed by atoms with Crippen molar-refractivity contribution in [3.8, 4) is 6.01 Å². The molecule has 0 spiro atoms. The SMILES string of the molecule is C=C(Cc1nc(O)no1)C(=O)OC(C)(C)C. The van der Waals surface area contributed by atoms with Gasteiger partial charge >= 0.3 is 12.0 Å². The maximum absolute atomic E-state index is 11.5. The average molecular weight is 226 g/mol. The highest BCUT2D eigenvalue weighted by atomic mass is 16.6. The van der Waals surface area contributed by atoms with Crippen LogP contribution in [0.15, 0.2) is 16.7 Å². The lowest BCUT2D eigenvalue weighted by Gasteiger charge is -2.19. The van der Waals surface area contributed by atoms with E-state index in [1.807, 2.05) is 0 Å². The Kier molecular flexibility index (Phi) is 3.31. The summed E-state index contributed by atoms with van der Waals surface area (Å²) in [4.78, 5) is 15.0. The van der Waals surface area contributed by atoms with Gasteiger partial charge in [0.1, 0.15) is 5.60 Å². The fourth-order valence-electron chi connectivity index (χ4n) is 0.923. The zero-order valence-corrected chi connectivity index (χ0v) is 9.48. The van der Waals surface area contributed by atoms with Crippen molar-refractivity contribution in [1.82, 2.24) is 10.1 Å². The molecule has 16 heavy (non-hydrogen) atoms. The summed E-state index contributed by atoms with van der Waals surface area (Å²) in [5.41, 5.74) is -0.379. The molecule has 6 nitrogen and oxygen atoms in total. The van der Waals surface area contributed by atoms with Crippen molar-refractivity contribution in [2.45, 2.75) is 32.8 Å². The van der Waals surface area contributed by atoms with Gasteiger partial charge in [-0.25, -0.2) is 4.79 Å². The summed E-state index contributed by atoms with van der Waals surface area (Å²) in [6.07, 6.45) is 0.0580. The molecule has 0 bridgehead atoms. The summed E-state index contributed by atoms with van der Waals surface area (Å²) >= 11 is 0. The average Bonchev–Trinajstić information content (AvgIpc) is 2.48. The van der Waals surface area contributed by atoms with Crippen LogP contribution in [0.5, 0.6) is 6.01 Å². The van der Waals surface area contributed by atoms with Crippen LogP contribution in [-0.2, 0) is 16.0 Å². The fourth-order valence-corrected chi connectivity index (χ4v) is 0.923. The third-order valence-electron chi connectivity index (χ3n) is 1.51. The molecule has 0 aliphatic heterocycles. The first-order valence-corrected chi connectivity index (χ1v) is 4.70. The predicted molar refractivity (Wildman–Crippen MR) is 54.7 cm³/mol. The van der Waals surface area contributed by atoms with Crippen LogP contribution in [0.3, 0.4) is 0 Å². The summed E-state index contributed by atoms with van der Waals surface area (Å²) in [5.74, 6) is -0.404. The predicted octanol–water partition coefficient (Wildman–Crippen LogP) is 1.22. The maximum atomic E-state index is 11.5. The molecule has 0 atom stereocenters. The minimum atomic E-state index is -0.572. The van der Waals surface area contributed by atoms with Crippen LogP contribution in [0.2, 0.25) is 0 Å². The number of carbonyl (C=O) groups excluding carboxylic acids is 1. The van der Waals surface area contributed by atoms with Crippen LogP contribution in [0, 0.1) is 0 Å². The molecule has 0 aromatic carbocycles. The number of carbonyl (C=O) groups is 1. The standard InChI is InChI=1S/C10H14N2O4/c1-6(8(13)15-10(2,3)4)5-7-11-9(14)12-16-7/h1,5H2,2-4H3,(H,12,14). The molecule has 0 saturated heterocycles. The first-order chi connectivity index (χ1) is 7.28. The van der Waals surface area contributed by atoms with E-state index in [1.165, 1.54) is 0 Å². The summed E-state index contributed by atoms with van der Waals surface area (Å²) in [6.45, 7) is 8.84. The highest BCUT2D eigenvalue weighted by molar-refractivity contribution is 5.88. The minimum absolute atomic E-state index is 0.0580. The first-order valence-electron chi connectivity index (χ1n) is 4.70. The van der Waals surface area contributed by atoms with Crippen molar-refractivity contribution in [3.05, 3.63) is 18.0 Å². The Labute approximate surface area is 92.9 Å². The van der Waals surface area contributed by atoms with Crippen molar-refractivity contribution < 1.29 is 19.2 Å². The van der Waals surface area contributed by atoms with Gasteiger partial charge in [-0.3, -0.25) is 0 Å². The highest BCUT2D eigenvalue weighted by Gasteiger charge is 2.20. The molecule has 0 aliphatic rings. The largest absolute Gasteiger partial charge is 0.477 e. The molecular formula is C10H14N2O4. The van der Waals surface area contributed by atoms with Crippen LogP contribution in [0.1, 0.15) is 26.7 Å². The van der Waals surface area contributed by atoms with Gasteiger partial charge in [0.05, 0.1) is 6.42 Å². The van der Waals surface area contributed by atoms with E-state index in [-0.39, 0.29) is 17.9 Å². The minimum Gasteiger partial charge on any atom is -0.477 e. The van der Waals surface area contributed by atoms with E-state index in [4.69, 9.17) is 9.84 Å². The number of aromatic nitrogens is 2. The molecule has 6 heteroatoms. The number of hydrogen-bond donors (Lipinski definition) is 1. The van der Waals surface area contributed by atoms with Gasteiger partial charge in [0.15, 0.2) is 0 Å². The molecule has 1 rings (SSSR count). The van der Waals surface area contributed by atoms with Crippen LogP contribution in [-0.4, -0.2) is 26.8 Å². The summed E-state index contributed by atoms with van der Waals surface area (Å²) in [7, 11) is 0. The Morgan fingerprint density at radius 2 is 2.19 bits per heavy atom. The molecule has 1 heterocycles. The Morgan fingerprint density at radius 3 is 2.62 bits per heavy atom. The van der Waals surface area contributed by atoms with Crippen LogP contribution < -0.4 is 0 Å². The number of rotatable bonds is 3. The van der Waals surface area contributed by atoms with E-state index in [0.29, 0.717) is 0 Å². The smallest absolute Gasteiger partial charge is 0.351 e. The Hall–Kier alpha value is -1.85. The molecular weight excluding hydrogens is 212 g/mol. The van der Waals surface area contributed by atoms with Crippen molar-refractivity contribution in [2.24, 2.45) is 0 Å². The Morgan fingerprint density at radius 1 is 1.56 bits per heavy atom. The molecule has 88 valence electrons. The number of hydrogen-bond acceptors (Lipinski definition) is 6. The van der Waals surface area contributed by atoms with Crippen molar-refractivity contribution in [1.29, 1.82) is 0 Å². The summed E-state index contributed by atoms with van der Waals surface area (Å²) in [5, 5.41) is 12.0. The maximum Gasteiger partial charge on any atom is 0.351 e. The van der Waals surface area contributed by atoms with E-state index < -0.39 is 17.6 Å². The molecule has 0 radical (unpaired) electrons. The molecule has 0 aliphatic carbocycles. The van der Waals surface area contributed by atoms with E-state index in [1.54, 1.807) is 20.8 Å². The van der Waals surface area contributed by atoms with Crippen molar-refractivity contribution in [3.63, 3.8) is 0 Å². The zero-order valence-electron chi connectivity index (χ0n) is 9.48. The second-order valence-corrected chi connectivity index (χ2v) is 4.27. The third-order valence-corrected chi connectivity index (χ3v) is 1.51. The van der Waals surface area contributed by atoms with Gasteiger partial charge < -0.3 is 14.4 Å². The number of aromatic hydroxyl groups is 1. The van der Waals surface area contributed by atoms with Gasteiger partial charge in [0, 0.05) is 5.57 Å². The Bertz CT molecular complexity index is 403. The van der Waals surface area contributed by atoms with E-state index >= 15 is 0 Å². The quantitative estimate of drug-likeness (QED) is 0.616. The van der Waals surface area contributed by atoms with Crippen LogP contribution in [0.25, 0.3) is 0 Å². The van der Waals surface area contributed by atoms with E-state index in [9.17, 15) is 4.79 Å². The molecule has 1 aromatic heterocycles. The van der Waals surface area contributed by atoms with E-state index in [0.717, 1.165) is 0 Å². The lowest BCUT2D eigenvalue weighted by molar-refractivity contribution is -0.150. The molecule has 1 N–H and O–H groups in total. The number of esters is 1. The van der Waals surface area contributed by atoms with Gasteiger partial charge in [-0.2, -0.15) is 4.98 Å². The van der Waals surface area contributed by atoms with Crippen LogP contribution >= 0.6 is 0 Å². The molecule has 0 unspecified atom stereocenters. The number of ether oxygens (including phenoxy) is 1. The van der Waals surface area contributed by atoms with E-state index in [2.05, 4.69) is 21.2 Å². The monoisotopic (exact) mass is 226 g/mol. The number of nitrogens with zero attached hydrogens (tertiary/aromatic N) is 2.